The number of hydrogen-bond donors (Lipinski definition) is 2. The first-order valence-corrected chi connectivity index (χ1v) is 8.40. The van der Waals surface area contributed by atoms with Crippen molar-refractivity contribution >= 4 is 29.3 Å². The Morgan fingerprint density at radius 3 is 2.52 bits per heavy atom. The maximum absolute atomic E-state index is 12.2. The lowest BCUT2D eigenvalue weighted by Crippen LogP contribution is -2.35. The monoisotopic (exact) mass is 358 g/mol. The number of amides is 2. The van der Waals surface area contributed by atoms with Crippen molar-refractivity contribution in [3.05, 3.63) is 64.7 Å². The van der Waals surface area contributed by atoms with Crippen LogP contribution in [0.2, 0.25) is 5.02 Å². The Hall–Kier alpha value is -2.53. The van der Waals surface area contributed by atoms with E-state index < -0.39 is 5.97 Å². The third kappa shape index (κ3) is 3.94. The third-order valence-electron chi connectivity index (χ3n) is 4.46. The molecule has 25 heavy (non-hydrogen) atoms. The lowest BCUT2D eigenvalue weighted by Gasteiger charge is -2.17. The summed E-state index contributed by atoms with van der Waals surface area (Å²) in [4.78, 5) is 23.8. The second-order valence-corrected chi connectivity index (χ2v) is 6.55. The quantitative estimate of drug-likeness (QED) is 0.794. The lowest BCUT2D eigenvalue weighted by molar-refractivity contribution is 0.0600. The van der Waals surface area contributed by atoms with E-state index >= 15 is 0 Å². The minimum absolute atomic E-state index is 0.0241. The molecule has 2 amide bonds. The molecule has 1 fully saturated rings. The molecule has 0 aliphatic heterocycles. The van der Waals surface area contributed by atoms with Crippen LogP contribution in [-0.4, -0.2) is 25.7 Å². The predicted octanol–water partition coefficient (Wildman–Crippen LogP) is 3.98. The van der Waals surface area contributed by atoms with Crippen LogP contribution in [0.4, 0.5) is 10.5 Å². The standard InChI is InChI=1S/C19H19ClN2O3/c1-25-17(23)13-7-8-15(20)16(11-13)22-18(24)21-12-19(9-10-19)14-5-3-2-4-6-14/h2-8,11H,9-10,12H2,1H3,(H2,21,22,24). The number of rotatable bonds is 5. The van der Waals surface area contributed by atoms with Gasteiger partial charge in [-0.3, -0.25) is 0 Å². The number of hydrogen-bond acceptors (Lipinski definition) is 3. The van der Waals surface area contributed by atoms with Crippen molar-refractivity contribution in [1.82, 2.24) is 5.32 Å². The predicted molar refractivity (Wildman–Crippen MR) is 97.2 cm³/mol. The minimum atomic E-state index is -0.485. The molecule has 2 aromatic rings. The zero-order chi connectivity index (χ0) is 17.9. The molecule has 0 unspecified atom stereocenters. The smallest absolute Gasteiger partial charge is 0.337 e. The second kappa shape index (κ2) is 7.15. The number of benzene rings is 2. The molecule has 0 heterocycles. The third-order valence-corrected chi connectivity index (χ3v) is 4.79. The SMILES string of the molecule is COC(=O)c1ccc(Cl)c(NC(=O)NCC2(c3ccccc3)CC2)c1. The fraction of sp³-hybridized carbons (Fsp3) is 0.263. The Labute approximate surface area is 151 Å². The van der Waals surface area contributed by atoms with Gasteiger partial charge >= 0.3 is 12.0 Å². The van der Waals surface area contributed by atoms with Gasteiger partial charge in [0.05, 0.1) is 23.4 Å². The van der Waals surface area contributed by atoms with E-state index in [1.165, 1.54) is 18.7 Å². The van der Waals surface area contributed by atoms with Gasteiger partial charge in [0.1, 0.15) is 0 Å². The second-order valence-electron chi connectivity index (χ2n) is 6.14. The summed E-state index contributed by atoms with van der Waals surface area (Å²) >= 11 is 6.09. The number of urea groups is 1. The van der Waals surface area contributed by atoms with Crippen LogP contribution in [0.25, 0.3) is 0 Å². The molecular formula is C19H19ClN2O3. The zero-order valence-corrected chi connectivity index (χ0v) is 14.6. The van der Waals surface area contributed by atoms with Gasteiger partial charge in [0, 0.05) is 12.0 Å². The first-order chi connectivity index (χ1) is 12.0. The van der Waals surface area contributed by atoms with Crippen LogP contribution in [0.1, 0.15) is 28.8 Å². The molecule has 6 heteroatoms. The lowest BCUT2D eigenvalue weighted by atomic mass is 9.96. The molecule has 0 aromatic heterocycles. The van der Waals surface area contributed by atoms with Gasteiger partial charge in [0.2, 0.25) is 0 Å². The number of anilines is 1. The number of halogens is 1. The molecule has 0 spiro atoms. The number of ether oxygens (including phenoxy) is 1. The summed E-state index contributed by atoms with van der Waals surface area (Å²) < 4.78 is 4.68. The number of methoxy groups -OCH3 is 1. The van der Waals surface area contributed by atoms with Crippen LogP contribution in [0, 0.1) is 0 Å². The summed E-state index contributed by atoms with van der Waals surface area (Å²) in [5, 5.41) is 5.94. The molecule has 2 aromatic carbocycles. The Bertz CT molecular complexity index is 789. The van der Waals surface area contributed by atoms with E-state index in [4.69, 9.17) is 11.6 Å². The summed E-state index contributed by atoms with van der Waals surface area (Å²) in [6, 6.07) is 14.4. The number of carbonyl (C=O) groups is 2. The van der Waals surface area contributed by atoms with Crippen LogP contribution in [0.5, 0.6) is 0 Å². The van der Waals surface area contributed by atoms with Crippen molar-refractivity contribution in [2.45, 2.75) is 18.3 Å². The normalized spacial score (nSPS) is 14.5. The average Bonchev–Trinajstić information content (AvgIpc) is 3.43. The largest absolute Gasteiger partial charge is 0.465 e. The molecule has 0 atom stereocenters. The fourth-order valence-electron chi connectivity index (χ4n) is 2.79. The van der Waals surface area contributed by atoms with Gasteiger partial charge in [-0.15, -0.1) is 0 Å². The van der Waals surface area contributed by atoms with E-state index in [0.717, 1.165) is 12.8 Å². The summed E-state index contributed by atoms with van der Waals surface area (Å²) in [6.45, 7) is 0.553. The van der Waals surface area contributed by atoms with Crippen molar-refractivity contribution < 1.29 is 14.3 Å². The molecule has 0 radical (unpaired) electrons. The van der Waals surface area contributed by atoms with Gasteiger partial charge in [-0.05, 0) is 36.6 Å². The molecule has 0 saturated heterocycles. The van der Waals surface area contributed by atoms with E-state index in [1.807, 2.05) is 18.2 Å². The molecule has 0 bridgehead atoms. The highest BCUT2D eigenvalue weighted by Gasteiger charge is 2.44. The Morgan fingerprint density at radius 2 is 1.88 bits per heavy atom. The van der Waals surface area contributed by atoms with Gasteiger partial charge in [-0.25, -0.2) is 9.59 Å². The summed E-state index contributed by atoms with van der Waals surface area (Å²) in [7, 11) is 1.30. The van der Waals surface area contributed by atoms with Crippen LogP contribution in [-0.2, 0) is 10.2 Å². The van der Waals surface area contributed by atoms with Crippen LogP contribution < -0.4 is 10.6 Å². The molecule has 1 saturated carbocycles. The molecule has 1 aliphatic carbocycles. The van der Waals surface area contributed by atoms with Gasteiger partial charge in [-0.2, -0.15) is 0 Å². The number of esters is 1. The van der Waals surface area contributed by atoms with Gasteiger partial charge in [-0.1, -0.05) is 41.9 Å². The van der Waals surface area contributed by atoms with Crippen molar-refractivity contribution in [3.63, 3.8) is 0 Å². The van der Waals surface area contributed by atoms with E-state index in [9.17, 15) is 9.59 Å². The molecule has 3 rings (SSSR count). The van der Waals surface area contributed by atoms with Gasteiger partial charge in [0.25, 0.3) is 0 Å². The summed E-state index contributed by atoms with van der Waals surface area (Å²) in [6.07, 6.45) is 2.10. The molecule has 130 valence electrons. The average molecular weight is 359 g/mol. The van der Waals surface area contributed by atoms with Gasteiger partial charge < -0.3 is 15.4 Å². The highest BCUT2D eigenvalue weighted by atomic mass is 35.5. The van der Waals surface area contributed by atoms with Gasteiger partial charge in [0.15, 0.2) is 0 Å². The van der Waals surface area contributed by atoms with E-state index in [-0.39, 0.29) is 11.4 Å². The highest BCUT2D eigenvalue weighted by Crippen LogP contribution is 2.47. The molecule has 2 N–H and O–H groups in total. The van der Waals surface area contributed by atoms with E-state index in [0.29, 0.717) is 22.8 Å². The fourth-order valence-corrected chi connectivity index (χ4v) is 2.96. The van der Waals surface area contributed by atoms with Crippen LogP contribution in [0.15, 0.2) is 48.5 Å². The zero-order valence-electron chi connectivity index (χ0n) is 13.8. The highest BCUT2D eigenvalue weighted by molar-refractivity contribution is 6.33. The number of nitrogens with one attached hydrogen (secondary N) is 2. The summed E-state index contributed by atoms with van der Waals surface area (Å²) in [5.74, 6) is -0.485. The maximum atomic E-state index is 12.2. The minimum Gasteiger partial charge on any atom is -0.465 e. The molecule has 5 nitrogen and oxygen atoms in total. The van der Waals surface area contributed by atoms with Crippen molar-refractivity contribution in [1.29, 1.82) is 0 Å². The van der Waals surface area contributed by atoms with Crippen LogP contribution in [0.3, 0.4) is 0 Å². The number of carbonyl (C=O) groups excluding carboxylic acids is 2. The summed E-state index contributed by atoms with van der Waals surface area (Å²) in [5.41, 5.74) is 1.95. The topological polar surface area (TPSA) is 67.4 Å². The van der Waals surface area contributed by atoms with Crippen molar-refractivity contribution in [2.24, 2.45) is 0 Å². The Kier molecular flexibility index (Phi) is 4.95. The molecular weight excluding hydrogens is 340 g/mol. The first-order valence-electron chi connectivity index (χ1n) is 8.02. The van der Waals surface area contributed by atoms with E-state index in [2.05, 4.69) is 27.5 Å². The molecule has 1 aliphatic rings. The van der Waals surface area contributed by atoms with Crippen LogP contribution >= 0.6 is 11.6 Å². The Morgan fingerprint density at radius 1 is 1.16 bits per heavy atom. The van der Waals surface area contributed by atoms with E-state index in [1.54, 1.807) is 12.1 Å². The maximum Gasteiger partial charge on any atom is 0.337 e. The Balaban J connectivity index is 1.63. The van der Waals surface area contributed by atoms with Crippen molar-refractivity contribution in [3.8, 4) is 0 Å². The first kappa shape index (κ1) is 17.3. The van der Waals surface area contributed by atoms with Crippen molar-refractivity contribution in [2.75, 3.05) is 19.0 Å².